The lowest BCUT2D eigenvalue weighted by Gasteiger charge is -2.25. The molecule has 1 aliphatic heterocycles. The summed E-state index contributed by atoms with van der Waals surface area (Å²) < 4.78 is 20.0. The highest BCUT2D eigenvalue weighted by Gasteiger charge is 2.21. The monoisotopic (exact) mass is 429 g/mol. The molecule has 0 saturated carbocycles. The van der Waals surface area contributed by atoms with Crippen LogP contribution in [-0.2, 0) is 4.74 Å². The van der Waals surface area contributed by atoms with E-state index in [2.05, 4.69) is 4.90 Å². The van der Waals surface area contributed by atoms with Gasteiger partial charge in [-0.05, 0) is 49.2 Å². The van der Waals surface area contributed by atoms with Crippen LogP contribution in [0.3, 0.4) is 0 Å². The summed E-state index contributed by atoms with van der Waals surface area (Å²) in [5, 5.41) is 0.282. The number of esters is 1. The molecule has 0 amide bonds. The van der Waals surface area contributed by atoms with E-state index in [0.717, 1.165) is 38.8 Å². The van der Waals surface area contributed by atoms with Gasteiger partial charge in [0.25, 0.3) is 5.56 Å². The van der Waals surface area contributed by atoms with E-state index >= 15 is 0 Å². The van der Waals surface area contributed by atoms with E-state index in [4.69, 9.17) is 21.3 Å². The number of benzene rings is 2. The molecule has 8 heteroatoms. The van der Waals surface area contributed by atoms with Crippen LogP contribution < -0.4 is 10.5 Å². The Bertz CT molecular complexity index is 1170. The van der Waals surface area contributed by atoms with Gasteiger partial charge in [0.15, 0.2) is 0 Å². The average Bonchev–Trinajstić information content (AvgIpc) is 3.04. The standard InChI is InChI=1S/C22H21ClFN3O3/c1-30-21(29)14-6-8-16-19(12-14)25-22(26-10-4-2-3-5-11-26)27(20(16)28)15-7-9-18(24)17(23)13-15/h6-9,12-13H,2-5,10-11H2,1H3. The Hall–Kier alpha value is -2.93. The molecule has 0 spiro atoms. The highest BCUT2D eigenvalue weighted by molar-refractivity contribution is 6.30. The maximum Gasteiger partial charge on any atom is 0.337 e. The number of hydrogen-bond acceptors (Lipinski definition) is 5. The molecule has 30 heavy (non-hydrogen) atoms. The highest BCUT2D eigenvalue weighted by Crippen LogP contribution is 2.25. The Morgan fingerprint density at radius 2 is 1.83 bits per heavy atom. The van der Waals surface area contributed by atoms with Gasteiger partial charge in [-0.25, -0.2) is 18.7 Å². The lowest BCUT2D eigenvalue weighted by atomic mass is 10.1. The molecule has 3 aromatic rings. The molecule has 1 aliphatic rings. The molecular formula is C22H21ClFN3O3. The smallest absolute Gasteiger partial charge is 0.337 e. The van der Waals surface area contributed by atoms with Crippen molar-refractivity contribution in [1.29, 1.82) is 0 Å². The van der Waals surface area contributed by atoms with Crippen molar-refractivity contribution >= 4 is 34.4 Å². The molecule has 2 heterocycles. The summed E-state index contributed by atoms with van der Waals surface area (Å²) in [6.07, 6.45) is 4.20. The van der Waals surface area contributed by atoms with Crippen molar-refractivity contribution in [3.05, 3.63) is 63.2 Å². The summed E-state index contributed by atoms with van der Waals surface area (Å²) in [6.45, 7) is 1.51. The van der Waals surface area contributed by atoms with Crippen molar-refractivity contribution in [2.45, 2.75) is 25.7 Å². The number of rotatable bonds is 3. The Kier molecular flexibility index (Phi) is 5.72. The lowest BCUT2D eigenvalue weighted by Crippen LogP contribution is -2.33. The second-order valence-electron chi connectivity index (χ2n) is 7.28. The van der Waals surface area contributed by atoms with Crippen molar-refractivity contribution in [1.82, 2.24) is 9.55 Å². The Labute approximate surface area is 177 Å². The summed E-state index contributed by atoms with van der Waals surface area (Å²) in [6, 6.07) is 8.83. The molecule has 0 unspecified atom stereocenters. The van der Waals surface area contributed by atoms with Gasteiger partial charge in [-0.1, -0.05) is 24.4 Å². The van der Waals surface area contributed by atoms with Crippen molar-refractivity contribution in [3.63, 3.8) is 0 Å². The zero-order chi connectivity index (χ0) is 21.3. The van der Waals surface area contributed by atoms with Gasteiger partial charge in [-0.2, -0.15) is 0 Å². The summed E-state index contributed by atoms with van der Waals surface area (Å²) in [4.78, 5) is 32.2. The van der Waals surface area contributed by atoms with Crippen LogP contribution in [0, 0.1) is 5.82 Å². The molecule has 1 saturated heterocycles. The van der Waals surface area contributed by atoms with Crippen molar-refractivity contribution < 1.29 is 13.9 Å². The van der Waals surface area contributed by atoms with Crippen molar-refractivity contribution in [3.8, 4) is 5.69 Å². The molecule has 4 rings (SSSR count). The molecule has 6 nitrogen and oxygen atoms in total. The zero-order valence-corrected chi connectivity index (χ0v) is 17.3. The van der Waals surface area contributed by atoms with E-state index in [0.29, 0.717) is 28.1 Å². The van der Waals surface area contributed by atoms with Crippen molar-refractivity contribution in [2.75, 3.05) is 25.1 Å². The number of nitrogens with zero attached hydrogens (tertiary/aromatic N) is 3. The topological polar surface area (TPSA) is 64.4 Å². The van der Waals surface area contributed by atoms with E-state index in [1.807, 2.05) is 0 Å². The van der Waals surface area contributed by atoms with Crippen LogP contribution in [0.25, 0.3) is 16.6 Å². The number of methoxy groups -OCH3 is 1. The molecular weight excluding hydrogens is 409 g/mol. The lowest BCUT2D eigenvalue weighted by molar-refractivity contribution is 0.0601. The van der Waals surface area contributed by atoms with Crippen LogP contribution in [0.4, 0.5) is 10.3 Å². The van der Waals surface area contributed by atoms with Crippen LogP contribution in [0.15, 0.2) is 41.2 Å². The fraction of sp³-hybridized carbons (Fsp3) is 0.318. The summed E-state index contributed by atoms with van der Waals surface area (Å²) in [5.74, 6) is -0.593. The highest BCUT2D eigenvalue weighted by atomic mass is 35.5. The first-order chi connectivity index (χ1) is 14.5. The average molecular weight is 430 g/mol. The minimum Gasteiger partial charge on any atom is -0.465 e. The van der Waals surface area contributed by atoms with Gasteiger partial charge in [-0.3, -0.25) is 4.79 Å². The number of hydrogen-bond donors (Lipinski definition) is 0. The van der Waals surface area contributed by atoms with Crippen LogP contribution >= 0.6 is 11.6 Å². The number of carbonyl (C=O) groups excluding carboxylic acids is 1. The normalized spacial score (nSPS) is 14.6. The van der Waals surface area contributed by atoms with E-state index in [1.54, 1.807) is 12.1 Å². The molecule has 0 atom stereocenters. The fourth-order valence-electron chi connectivity index (χ4n) is 3.76. The first-order valence-electron chi connectivity index (χ1n) is 9.85. The van der Waals surface area contributed by atoms with Gasteiger partial charge < -0.3 is 9.64 Å². The molecule has 0 bridgehead atoms. The maximum atomic E-state index is 13.7. The van der Waals surface area contributed by atoms with Crippen LogP contribution in [-0.4, -0.2) is 35.7 Å². The predicted octanol–water partition coefficient (Wildman–Crippen LogP) is 4.35. The minimum absolute atomic E-state index is 0.0673. The van der Waals surface area contributed by atoms with Crippen molar-refractivity contribution in [2.24, 2.45) is 0 Å². The third kappa shape index (κ3) is 3.77. The van der Waals surface area contributed by atoms with Gasteiger partial charge in [0.1, 0.15) is 5.82 Å². The number of fused-ring (bicyclic) bond motifs is 1. The number of halogens is 2. The number of aromatic nitrogens is 2. The quantitative estimate of drug-likeness (QED) is 0.579. The van der Waals surface area contributed by atoms with Crippen LogP contribution in [0.5, 0.6) is 0 Å². The molecule has 1 fully saturated rings. The van der Waals surface area contributed by atoms with E-state index in [-0.39, 0.29) is 10.6 Å². The largest absolute Gasteiger partial charge is 0.465 e. The molecule has 1 aromatic heterocycles. The Morgan fingerprint density at radius 3 is 2.50 bits per heavy atom. The van der Waals surface area contributed by atoms with E-state index in [9.17, 15) is 14.0 Å². The minimum atomic E-state index is -0.554. The first kappa shape index (κ1) is 20.3. The maximum absolute atomic E-state index is 13.7. The molecule has 0 aliphatic carbocycles. The summed E-state index contributed by atoms with van der Waals surface area (Å²) in [5.41, 5.74) is 0.864. The van der Waals surface area contributed by atoms with Crippen LogP contribution in [0.1, 0.15) is 36.0 Å². The number of ether oxygens (including phenoxy) is 1. The SMILES string of the molecule is COC(=O)c1ccc2c(=O)n(-c3ccc(F)c(Cl)c3)c(N3CCCCCC3)nc2c1. The van der Waals surface area contributed by atoms with Crippen LogP contribution in [0.2, 0.25) is 5.02 Å². The second-order valence-corrected chi connectivity index (χ2v) is 7.68. The third-order valence-electron chi connectivity index (χ3n) is 5.32. The zero-order valence-electron chi connectivity index (χ0n) is 16.5. The van der Waals surface area contributed by atoms with Gasteiger partial charge in [0, 0.05) is 13.1 Å². The summed E-state index contributed by atoms with van der Waals surface area (Å²) in [7, 11) is 1.30. The van der Waals surface area contributed by atoms with Gasteiger partial charge >= 0.3 is 5.97 Å². The first-order valence-corrected chi connectivity index (χ1v) is 10.2. The van der Waals surface area contributed by atoms with E-state index < -0.39 is 11.8 Å². The second kappa shape index (κ2) is 8.44. The molecule has 2 aromatic carbocycles. The van der Waals surface area contributed by atoms with Gasteiger partial charge in [0.2, 0.25) is 5.95 Å². The van der Waals surface area contributed by atoms with Gasteiger partial charge in [-0.15, -0.1) is 0 Å². The third-order valence-corrected chi connectivity index (χ3v) is 5.61. The molecule has 0 N–H and O–H groups in total. The fourth-order valence-corrected chi connectivity index (χ4v) is 3.93. The number of carbonyl (C=O) groups is 1. The van der Waals surface area contributed by atoms with Gasteiger partial charge in [0.05, 0.1) is 34.3 Å². The van der Waals surface area contributed by atoms with E-state index in [1.165, 1.54) is 35.9 Å². The number of anilines is 1. The molecule has 156 valence electrons. The predicted molar refractivity (Wildman–Crippen MR) is 114 cm³/mol. The summed E-state index contributed by atoms with van der Waals surface area (Å²) >= 11 is 5.99. The molecule has 0 radical (unpaired) electrons. The Balaban J connectivity index is 1.98. The Morgan fingerprint density at radius 1 is 1.10 bits per heavy atom.